The molecule has 164 valence electrons. The zero-order valence-electron chi connectivity index (χ0n) is 17.4. The Balaban J connectivity index is 1.69. The van der Waals surface area contributed by atoms with E-state index in [0.29, 0.717) is 37.6 Å². The molecule has 1 aromatic carbocycles. The molecule has 1 heterocycles. The van der Waals surface area contributed by atoms with Crippen molar-refractivity contribution in [3.05, 3.63) is 70.1 Å². The number of alkyl halides is 3. The molecule has 0 fully saturated rings. The Labute approximate surface area is 175 Å². The maximum Gasteiger partial charge on any atom is 0.416 e. The van der Waals surface area contributed by atoms with Gasteiger partial charge >= 0.3 is 6.18 Å². The Kier molecular flexibility index (Phi) is 8.95. The summed E-state index contributed by atoms with van der Waals surface area (Å²) in [6.07, 6.45) is -0.127. The molecule has 0 saturated carbocycles. The van der Waals surface area contributed by atoms with Gasteiger partial charge in [0.05, 0.1) is 5.56 Å². The molecule has 0 radical (unpaired) electrons. The molecule has 1 atom stereocenters. The summed E-state index contributed by atoms with van der Waals surface area (Å²) in [5, 5.41) is 6.41. The minimum Gasteiger partial charge on any atom is -0.356 e. The van der Waals surface area contributed by atoms with Gasteiger partial charge in [-0.25, -0.2) is 0 Å². The lowest BCUT2D eigenvalue weighted by Gasteiger charge is -2.16. The number of nitrogens with one attached hydrogen (secondary N) is 2. The number of aliphatic imine (C=N–C) groups is 1. The second-order valence-electron chi connectivity index (χ2n) is 7.18. The first-order valence-electron chi connectivity index (χ1n) is 10.1. The molecule has 0 aliphatic heterocycles. The molecule has 2 rings (SSSR count). The van der Waals surface area contributed by atoms with E-state index in [9.17, 15) is 18.0 Å². The summed E-state index contributed by atoms with van der Waals surface area (Å²) >= 11 is 0. The number of aryl methyl sites for hydroxylation is 1. The summed E-state index contributed by atoms with van der Waals surface area (Å²) < 4.78 is 40.3. The molecule has 2 aromatic rings. The third-order valence-corrected chi connectivity index (χ3v) is 4.89. The lowest BCUT2D eigenvalue weighted by molar-refractivity contribution is -0.137. The van der Waals surface area contributed by atoms with Gasteiger partial charge in [-0.3, -0.25) is 9.79 Å². The molecule has 0 aliphatic carbocycles. The van der Waals surface area contributed by atoms with Crippen LogP contribution in [0, 0.1) is 0 Å². The fraction of sp³-hybridized carbons (Fsp3) is 0.455. The number of nitrogens with zero attached hydrogens (tertiary/aromatic N) is 2. The van der Waals surface area contributed by atoms with Crippen LogP contribution >= 0.6 is 0 Å². The minimum absolute atomic E-state index is 0.00201. The van der Waals surface area contributed by atoms with Crippen LogP contribution in [0.1, 0.15) is 43.2 Å². The predicted octanol–water partition coefficient (Wildman–Crippen LogP) is 4.01. The lowest BCUT2D eigenvalue weighted by Crippen LogP contribution is -2.38. The van der Waals surface area contributed by atoms with E-state index in [1.165, 1.54) is 12.1 Å². The molecule has 0 spiro atoms. The van der Waals surface area contributed by atoms with Crippen molar-refractivity contribution < 1.29 is 13.2 Å². The molecule has 0 bridgehead atoms. The van der Waals surface area contributed by atoms with Gasteiger partial charge in [-0.05, 0) is 42.9 Å². The van der Waals surface area contributed by atoms with E-state index >= 15 is 0 Å². The van der Waals surface area contributed by atoms with Crippen LogP contribution in [-0.2, 0) is 12.7 Å². The van der Waals surface area contributed by atoms with Gasteiger partial charge in [0.1, 0.15) is 0 Å². The van der Waals surface area contributed by atoms with E-state index in [1.807, 2.05) is 13.0 Å². The Morgan fingerprint density at radius 3 is 2.57 bits per heavy atom. The third kappa shape index (κ3) is 7.57. The molecule has 1 aromatic heterocycles. The number of benzene rings is 1. The molecule has 8 heteroatoms. The molecular formula is C22H29F3N4O. The second kappa shape index (κ2) is 11.4. The zero-order chi connectivity index (χ0) is 22.0. The van der Waals surface area contributed by atoms with Gasteiger partial charge in [0.2, 0.25) is 5.56 Å². The number of hydrogen-bond donors (Lipinski definition) is 2. The number of pyridine rings is 1. The maximum atomic E-state index is 12.9. The second-order valence-corrected chi connectivity index (χ2v) is 7.18. The summed E-state index contributed by atoms with van der Waals surface area (Å²) in [6.45, 7) is 3.89. The predicted molar refractivity (Wildman–Crippen MR) is 114 cm³/mol. The molecule has 0 saturated heterocycles. The van der Waals surface area contributed by atoms with Gasteiger partial charge in [-0.15, -0.1) is 0 Å². The van der Waals surface area contributed by atoms with Gasteiger partial charge < -0.3 is 15.2 Å². The maximum absolute atomic E-state index is 12.9. The number of rotatable bonds is 9. The normalized spacial score (nSPS) is 13.2. The molecule has 2 N–H and O–H groups in total. The minimum atomic E-state index is -4.33. The summed E-state index contributed by atoms with van der Waals surface area (Å²) in [7, 11) is 1.68. The molecule has 5 nitrogen and oxygen atoms in total. The van der Waals surface area contributed by atoms with Crippen molar-refractivity contribution in [2.75, 3.05) is 20.1 Å². The highest BCUT2D eigenvalue weighted by molar-refractivity contribution is 5.79. The number of aromatic nitrogens is 1. The van der Waals surface area contributed by atoms with Crippen molar-refractivity contribution in [3.8, 4) is 0 Å². The molecule has 1 unspecified atom stereocenters. The van der Waals surface area contributed by atoms with Crippen LogP contribution in [-0.4, -0.2) is 30.7 Å². The van der Waals surface area contributed by atoms with E-state index in [4.69, 9.17) is 0 Å². The average Bonchev–Trinajstić information content (AvgIpc) is 2.72. The first-order chi connectivity index (χ1) is 14.3. The van der Waals surface area contributed by atoms with Crippen LogP contribution in [0.25, 0.3) is 0 Å². The van der Waals surface area contributed by atoms with Gasteiger partial charge in [-0.2, -0.15) is 13.2 Å². The molecule has 0 amide bonds. The highest BCUT2D eigenvalue weighted by Crippen LogP contribution is 2.31. The number of halogens is 3. The standard InChI is InChI=1S/C22H29F3N4O/c1-17(18-8-7-9-19(16-18)22(23,24)25)11-13-28-21(26-2)27-12-4-6-15-29-14-5-3-10-20(29)30/h3,5,7-10,14,16-17H,4,6,11-13,15H2,1-2H3,(H2,26,27,28). The lowest BCUT2D eigenvalue weighted by atomic mass is 9.96. The quantitative estimate of drug-likeness (QED) is 0.365. The van der Waals surface area contributed by atoms with Crippen LogP contribution in [0.4, 0.5) is 13.2 Å². The van der Waals surface area contributed by atoms with Crippen molar-refractivity contribution in [1.82, 2.24) is 15.2 Å². The highest BCUT2D eigenvalue weighted by atomic mass is 19.4. The number of guanidine groups is 1. The largest absolute Gasteiger partial charge is 0.416 e. The number of unbranched alkanes of at least 4 members (excludes halogenated alkanes) is 1. The van der Waals surface area contributed by atoms with Crippen LogP contribution < -0.4 is 16.2 Å². The SMILES string of the molecule is CN=C(NCCCCn1ccccc1=O)NCCC(C)c1cccc(C(F)(F)F)c1. The first kappa shape index (κ1) is 23.5. The average molecular weight is 422 g/mol. The molecule has 0 aliphatic rings. The van der Waals surface area contributed by atoms with E-state index in [0.717, 1.165) is 18.9 Å². The third-order valence-electron chi connectivity index (χ3n) is 4.89. The van der Waals surface area contributed by atoms with Crippen molar-refractivity contribution in [2.24, 2.45) is 4.99 Å². The van der Waals surface area contributed by atoms with E-state index < -0.39 is 11.7 Å². The highest BCUT2D eigenvalue weighted by Gasteiger charge is 2.30. The Morgan fingerprint density at radius 1 is 1.10 bits per heavy atom. The van der Waals surface area contributed by atoms with Gasteiger partial charge in [0.15, 0.2) is 5.96 Å². The van der Waals surface area contributed by atoms with Crippen LogP contribution in [0.3, 0.4) is 0 Å². The summed E-state index contributed by atoms with van der Waals surface area (Å²) in [6, 6.07) is 10.6. The summed E-state index contributed by atoms with van der Waals surface area (Å²) in [4.78, 5) is 15.8. The Hall–Kier alpha value is -2.77. The number of hydrogen-bond acceptors (Lipinski definition) is 2. The molecule has 30 heavy (non-hydrogen) atoms. The monoisotopic (exact) mass is 422 g/mol. The van der Waals surface area contributed by atoms with E-state index in [-0.39, 0.29) is 11.5 Å². The zero-order valence-corrected chi connectivity index (χ0v) is 17.4. The first-order valence-corrected chi connectivity index (χ1v) is 10.1. The van der Waals surface area contributed by atoms with E-state index in [1.54, 1.807) is 36.0 Å². The van der Waals surface area contributed by atoms with Crippen LogP contribution in [0.2, 0.25) is 0 Å². The van der Waals surface area contributed by atoms with Gasteiger partial charge in [-0.1, -0.05) is 31.2 Å². The summed E-state index contributed by atoms with van der Waals surface area (Å²) in [5.74, 6) is 0.644. The van der Waals surface area contributed by atoms with Crippen molar-refractivity contribution in [2.45, 2.75) is 44.8 Å². The van der Waals surface area contributed by atoms with E-state index in [2.05, 4.69) is 15.6 Å². The fourth-order valence-corrected chi connectivity index (χ4v) is 3.08. The van der Waals surface area contributed by atoms with Crippen LogP contribution in [0.5, 0.6) is 0 Å². The molecular weight excluding hydrogens is 393 g/mol. The van der Waals surface area contributed by atoms with Crippen molar-refractivity contribution >= 4 is 5.96 Å². The topological polar surface area (TPSA) is 58.4 Å². The van der Waals surface area contributed by atoms with Crippen molar-refractivity contribution in [1.29, 1.82) is 0 Å². The van der Waals surface area contributed by atoms with Crippen molar-refractivity contribution in [3.63, 3.8) is 0 Å². The Morgan fingerprint density at radius 2 is 1.87 bits per heavy atom. The van der Waals surface area contributed by atoms with Gasteiger partial charge in [0.25, 0.3) is 0 Å². The summed E-state index contributed by atoms with van der Waals surface area (Å²) in [5.41, 5.74) is 0.0543. The smallest absolute Gasteiger partial charge is 0.356 e. The fourth-order valence-electron chi connectivity index (χ4n) is 3.08. The Bertz CT molecular complexity index is 877. The van der Waals surface area contributed by atoms with Crippen LogP contribution in [0.15, 0.2) is 58.4 Å². The van der Waals surface area contributed by atoms with Gasteiger partial charge in [0, 0.05) is 38.9 Å².